The number of carbonyl (C=O) groups excluding carboxylic acids is 1. The van der Waals surface area contributed by atoms with E-state index in [0.29, 0.717) is 5.76 Å². The maximum Gasteiger partial charge on any atom is 0.289 e. The fourth-order valence-electron chi connectivity index (χ4n) is 4.24. The monoisotopic (exact) mass is 405 g/mol. The fourth-order valence-corrected chi connectivity index (χ4v) is 4.29. The number of nitrogens with two attached hydrogens (primary N) is 1. The van der Waals surface area contributed by atoms with Crippen LogP contribution in [0.4, 0.5) is 0 Å². The van der Waals surface area contributed by atoms with Crippen molar-refractivity contribution < 1.29 is 9.21 Å². The van der Waals surface area contributed by atoms with Gasteiger partial charge < -0.3 is 20.0 Å². The summed E-state index contributed by atoms with van der Waals surface area (Å²) in [7, 11) is 4.00. The van der Waals surface area contributed by atoms with E-state index in [1.165, 1.54) is 0 Å². The molecule has 1 aromatic rings. The van der Waals surface area contributed by atoms with E-state index in [4.69, 9.17) is 22.4 Å². The summed E-state index contributed by atoms with van der Waals surface area (Å²) in [4.78, 5) is 17.4. The van der Waals surface area contributed by atoms with Gasteiger partial charge in [0.05, 0.1) is 5.71 Å². The Balaban J connectivity index is 1.91. The van der Waals surface area contributed by atoms with Crippen molar-refractivity contribution >= 4 is 28.9 Å². The molecule has 0 atom stereocenters. The Morgan fingerprint density at radius 2 is 2.00 bits per heavy atom. The maximum absolute atomic E-state index is 13.2. The van der Waals surface area contributed by atoms with Crippen LogP contribution < -0.4 is 11.2 Å². The topological polar surface area (TPSA) is 87.1 Å². The lowest BCUT2D eigenvalue weighted by Gasteiger charge is -2.34. The van der Waals surface area contributed by atoms with Gasteiger partial charge in [0.15, 0.2) is 10.9 Å². The number of nitrogens with one attached hydrogen (secondary N) is 1. The van der Waals surface area contributed by atoms with Crippen LogP contribution in [-0.2, 0) is 6.42 Å². The van der Waals surface area contributed by atoms with Gasteiger partial charge in [-0.3, -0.25) is 10.2 Å². The Labute approximate surface area is 172 Å². The number of piperidine rings is 1. The predicted molar refractivity (Wildman–Crippen MR) is 115 cm³/mol. The molecule has 0 unspecified atom stereocenters. The van der Waals surface area contributed by atoms with Gasteiger partial charge in [0.1, 0.15) is 5.76 Å². The number of amides is 1. The van der Waals surface area contributed by atoms with Crippen LogP contribution in [0.15, 0.2) is 9.52 Å². The van der Waals surface area contributed by atoms with Crippen molar-refractivity contribution in [3.05, 3.63) is 22.6 Å². The molecule has 28 heavy (non-hydrogen) atoms. The predicted octanol–water partition coefficient (Wildman–Crippen LogP) is 2.26. The van der Waals surface area contributed by atoms with Crippen molar-refractivity contribution in [2.24, 2.45) is 16.3 Å². The van der Waals surface area contributed by atoms with E-state index < -0.39 is 0 Å². The SMILES string of the molecule is Cc1c(C(=O)N(C)C2CCN(C)CC2)oc2c1/C(=N\NC(N)=S)CC(C)(C)C2. The molecule has 0 aromatic carbocycles. The average molecular weight is 406 g/mol. The first-order chi connectivity index (χ1) is 13.1. The molecular weight excluding hydrogens is 374 g/mol. The van der Waals surface area contributed by atoms with E-state index in [1.807, 2.05) is 18.9 Å². The second-order valence-electron chi connectivity index (χ2n) is 8.86. The highest BCUT2D eigenvalue weighted by molar-refractivity contribution is 7.80. The number of furan rings is 1. The van der Waals surface area contributed by atoms with Crippen molar-refractivity contribution in [3.63, 3.8) is 0 Å². The maximum atomic E-state index is 13.2. The van der Waals surface area contributed by atoms with Crippen LogP contribution in [0.25, 0.3) is 0 Å². The largest absolute Gasteiger partial charge is 0.455 e. The number of nitrogens with zero attached hydrogens (tertiary/aromatic N) is 3. The Kier molecular flexibility index (Phi) is 5.82. The van der Waals surface area contributed by atoms with Crippen molar-refractivity contribution in [2.75, 3.05) is 27.2 Å². The number of fused-ring (bicyclic) bond motifs is 1. The second kappa shape index (κ2) is 7.83. The molecule has 1 aliphatic heterocycles. The lowest BCUT2D eigenvalue weighted by atomic mass is 9.75. The molecule has 2 aliphatic rings. The minimum atomic E-state index is -0.0547. The number of likely N-dealkylation sites (tertiary alicyclic amines) is 1. The summed E-state index contributed by atoms with van der Waals surface area (Å²) < 4.78 is 6.13. The Morgan fingerprint density at radius 3 is 2.61 bits per heavy atom. The van der Waals surface area contributed by atoms with Gasteiger partial charge in [-0.05, 0) is 64.0 Å². The smallest absolute Gasteiger partial charge is 0.289 e. The number of rotatable bonds is 3. The van der Waals surface area contributed by atoms with Gasteiger partial charge in [-0.2, -0.15) is 5.10 Å². The summed E-state index contributed by atoms with van der Waals surface area (Å²) in [5.41, 5.74) is 10.8. The number of thiocarbonyl (C=S) groups is 1. The summed E-state index contributed by atoms with van der Waals surface area (Å²) in [6.45, 7) is 8.27. The molecule has 1 fully saturated rings. The zero-order valence-electron chi connectivity index (χ0n) is 17.5. The molecule has 7 nitrogen and oxygen atoms in total. The minimum Gasteiger partial charge on any atom is -0.455 e. The summed E-state index contributed by atoms with van der Waals surface area (Å²) in [6, 6.07) is 0.242. The molecule has 0 bridgehead atoms. The summed E-state index contributed by atoms with van der Waals surface area (Å²) in [6.07, 6.45) is 3.49. The van der Waals surface area contributed by atoms with Gasteiger partial charge >= 0.3 is 0 Å². The Hall–Kier alpha value is -1.93. The fraction of sp³-hybridized carbons (Fsp3) is 0.650. The molecule has 0 radical (unpaired) electrons. The van der Waals surface area contributed by atoms with Crippen molar-refractivity contribution in [1.29, 1.82) is 0 Å². The number of carbonyl (C=O) groups is 1. The van der Waals surface area contributed by atoms with Crippen LogP contribution in [0.1, 0.15) is 60.6 Å². The first-order valence-corrected chi connectivity index (χ1v) is 10.2. The number of hydrogen-bond acceptors (Lipinski definition) is 5. The van der Waals surface area contributed by atoms with Crippen molar-refractivity contribution in [1.82, 2.24) is 15.2 Å². The standard InChI is InChI=1S/C20H31N5O2S/c1-12-16-14(22-23-19(21)28)10-20(2,3)11-15(16)27-17(12)18(26)25(5)13-6-8-24(4)9-7-13/h13H,6-11H2,1-5H3,(H3,21,23,28)/b22-14-. The molecule has 1 aliphatic carbocycles. The molecule has 1 aromatic heterocycles. The van der Waals surface area contributed by atoms with E-state index in [9.17, 15) is 4.79 Å². The molecule has 1 saturated heterocycles. The van der Waals surface area contributed by atoms with E-state index in [0.717, 1.165) is 61.4 Å². The van der Waals surface area contributed by atoms with Crippen LogP contribution in [0.2, 0.25) is 0 Å². The molecule has 8 heteroatoms. The van der Waals surface area contributed by atoms with Crippen LogP contribution in [0, 0.1) is 12.3 Å². The number of hydrazone groups is 1. The third-order valence-corrected chi connectivity index (χ3v) is 5.94. The lowest BCUT2D eigenvalue weighted by Crippen LogP contribution is -2.44. The van der Waals surface area contributed by atoms with Gasteiger partial charge in [-0.15, -0.1) is 0 Å². The van der Waals surface area contributed by atoms with Crippen LogP contribution in [0.5, 0.6) is 0 Å². The van der Waals surface area contributed by atoms with Crippen LogP contribution >= 0.6 is 12.2 Å². The highest BCUT2D eigenvalue weighted by Crippen LogP contribution is 2.39. The number of hydrogen-bond donors (Lipinski definition) is 2. The van der Waals surface area contributed by atoms with Crippen LogP contribution in [-0.4, -0.2) is 59.8 Å². The first kappa shape index (κ1) is 20.8. The Bertz CT molecular complexity index is 806. The minimum absolute atomic E-state index is 0.0196. The molecule has 3 N–H and O–H groups in total. The Morgan fingerprint density at radius 1 is 1.36 bits per heavy atom. The molecule has 154 valence electrons. The van der Waals surface area contributed by atoms with Gasteiger partial charge in [0.2, 0.25) is 0 Å². The quantitative estimate of drug-likeness (QED) is 0.593. The van der Waals surface area contributed by atoms with E-state index >= 15 is 0 Å². The van der Waals surface area contributed by atoms with Crippen molar-refractivity contribution in [3.8, 4) is 0 Å². The highest BCUT2D eigenvalue weighted by atomic mass is 32.1. The summed E-state index contributed by atoms with van der Waals surface area (Å²) >= 11 is 4.89. The molecule has 1 amide bonds. The van der Waals surface area contributed by atoms with Gasteiger partial charge in [0, 0.05) is 30.6 Å². The third kappa shape index (κ3) is 4.22. The van der Waals surface area contributed by atoms with Gasteiger partial charge in [-0.1, -0.05) is 13.8 Å². The summed E-state index contributed by atoms with van der Waals surface area (Å²) in [5, 5.41) is 4.53. The third-order valence-electron chi connectivity index (χ3n) is 5.84. The second-order valence-corrected chi connectivity index (χ2v) is 9.30. The normalized spacial score (nSPS) is 21.4. The van der Waals surface area contributed by atoms with Gasteiger partial charge in [-0.25, -0.2) is 0 Å². The molecule has 0 saturated carbocycles. The average Bonchev–Trinajstić information content (AvgIpc) is 2.94. The van der Waals surface area contributed by atoms with Crippen LogP contribution in [0.3, 0.4) is 0 Å². The lowest BCUT2D eigenvalue weighted by molar-refractivity contribution is 0.0624. The van der Waals surface area contributed by atoms with E-state index in [-0.39, 0.29) is 22.5 Å². The molecular formula is C20H31N5O2S. The van der Waals surface area contributed by atoms with Crippen molar-refractivity contribution in [2.45, 2.75) is 52.5 Å². The molecule has 2 heterocycles. The zero-order chi connectivity index (χ0) is 20.6. The summed E-state index contributed by atoms with van der Waals surface area (Å²) in [5.74, 6) is 1.19. The molecule has 0 spiro atoms. The molecule has 3 rings (SSSR count). The van der Waals surface area contributed by atoms with Gasteiger partial charge in [0.25, 0.3) is 5.91 Å². The highest BCUT2D eigenvalue weighted by Gasteiger charge is 2.37. The van der Waals surface area contributed by atoms with E-state index in [1.54, 1.807) is 0 Å². The first-order valence-electron chi connectivity index (χ1n) is 9.79. The van der Waals surface area contributed by atoms with E-state index in [2.05, 4.69) is 36.3 Å². The zero-order valence-corrected chi connectivity index (χ0v) is 18.3.